The topological polar surface area (TPSA) is 80.9 Å². The van der Waals surface area contributed by atoms with Crippen molar-refractivity contribution in [2.75, 3.05) is 6.61 Å². The molecule has 0 saturated carbocycles. The number of rotatable bonds is 3. The van der Waals surface area contributed by atoms with Crippen LogP contribution in [0.1, 0.15) is 21.9 Å². The third-order valence-corrected chi connectivity index (χ3v) is 2.69. The first-order valence-corrected chi connectivity index (χ1v) is 5.51. The maximum absolute atomic E-state index is 11.7. The molecule has 0 spiro atoms. The van der Waals surface area contributed by atoms with E-state index in [-0.39, 0.29) is 5.78 Å². The Morgan fingerprint density at radius 2 is 2.11 bits per heavy atom. The van der Waals surface area contributed by atoms with Crippen molar-refractivity contribution in [3.63, 3.8) is 0 Å². The highest BCUT2D eigenvalue weighted by molar-refractivity contribution is 6.01. The summed E-state index contributed by atoms with van der Waals surface area (Å²) in [4.78, 5) is 20.2. The number of nitrogens with zero attached hydrogens (tertiary/aromatic N) is 4. The van der Waals surface area contributed by atoms with Crippen LogP contribution in [0, 0.1) is 13.8 Å². The van der Waals surface area contributed by atoms with Crippen LogP contribution >= 0.6 is 0 Å². The Kier molecular flexibility index (Phi) is 3.20. The lowest BCUT2D eigenvalue weighted by molar-refractivity contribution is 0.0895. The highest BCUT2D eigenvalue weighted by Gasteiger charge is 2.19. The van der Waals surface area contributed by atoms with Crippen LogP contribution in [0.3, 0.4) is 0 Å². The number of hydrogen-bond donors (Lipinski definition) is 1. The molecule has 2 rings (SSSR count). The number of hydrogen-bond acceptors (Lipinski definition) is 5. The second kappa shape index (κ2) is 4.66. The van der Waals surface area contributed by atoms with Crippen molar-refractivity contribution in [1.82, 2.24) is 19.7 Å². The fourth-order valence-corrected chi connectivity index (χ4v) is 1.82. The van der Waals surface area contributed by atoms with Crippen molar-refractivity contribution < 1.29 is 9.90 Å². The van der Waals surface area contributed by atoms with Gasteiger partial charge in [-0.05, 0) is 19.4 Å². The first-order valence-electron chi connectivity index (χ1n) is 5.51. The van der Waals surface area contributed by atoms with E-state index in [1.165, 1.54) is 4.68 Å². The molecule has 0 aliphatic carbocycles. The molecule has 0 bridgehead atoms. The van der Waals surface area contributed by atoms with Gasteiger partial charge in [0, 0.05) is 18.8 Å². The molecular formula is C12H14N4O2. The molecule has 1 N–H and O–H groups in total. The molecular weight excluding hydrogens is 232 g/mol. The molecule has 0 aromatic carbocycles. The summed E-state index contributed by atoms with van der Waals surface area (Å²) in [5.41, 5.74) is 2.52. The van der Waals surface area contributed by atoms with Crippen LogP contribution < -0.4 is 0 Å². The summed E-state index contributed by atoms with van der Waals surface area (Å²) in [5.74, 6) is 0.252. The van der Waals surface area contributed by atoms with Crippen molar-refractivity contribution in [2.45, 2.75) is 13.8 Å². The van der Waals surface area contributed by atoms with Crippen molar-refractivity contribution in [3.8, 4) is 11.3 Å². The summed E-state index contributed by atoms with van der Waals surface area (Å²) < 4.78 is 1.45. The number of carbonyl (C=O) groups is 1. The smallest absolute Gasteiger partial charge is 0.206 e. The quantitative estimate of drug-likeness (QED) is 0.805. The van der Waals surface area contributed by atoms with Crippen LogP contribution in [-0.2, 0) is 7.05 Å². The van der Waals surface area contributed by atoms with Gasteiger partial charge < -0.3 is 5.11 Å². The monoisotopic (exact) mass is 246 g/mol. The van der Waals surface area contributed by atoms with Gasteiger partial charge in [-0.2, -0.15) is 5.10 Å². The van der Waals surface area contributed by atoms with Gasteiger partial charge in [0.2, 0.25) is 5.78 Å². The first kappa shape index (κ1) is 12.4. The molecule has 18 heavy (non-hydrogen) atoms. The van der Waals surface area contributed by atoms with Crippen LogP contribution in [0.25, 0.3) is 11.3 Å². The number of Topliss-reactive ketones (excluding diaryl/α,β-unsaturated/α-hetero) is 1. The summed E-state index contributed by atoms with van der Waals surface area (Å²) >= 11 is 0. The predicted molar refractivity (Wildman–Crippen MR) is 65.1 cm³/mol. The minimum Gasteiger partial charge on any atom is -0.388 e. The van der Waals surface area contributed by atoms with Crippen LogP contribution in [0.4, 0.5) is 0 Å². The van der Waals surface area contributed by atoms with Gasteiger partial charge in [-0.25, -0.2) is 9.97 Å². The van der Waals surface area contributed by atoms with Crippen molar-refractivity contribution in [3.05, 3.63) is 29.5 Å². The normalized spacial score (nSPS) is 10.7. The minimum atomic E-state index is -0.546. The molecule has 6 heteroatoms. The lowest BCUT2D eigenvalue weighted by atomic mass is 10.1. The van der Waals surface area contributed by atoms with Gasteiger partial charge in [0.05, 0.1) is 11.9 Å². The predicted octanol–water partition coefficient (Wildman–Crippen LogP) is 0.669. The third-order valence-electron chi connectivity index (χ3n) is 2.69. The molecule has 0 unspecified atom stereocenters. The van der Waals surface area contributed by atoms with Crippen molar-refractivity contribution in [1.29, 1.82) is 0 Å². The van der Waals surface area contributed by atoms with Crippen LogP contribution in [0.2, 0.25) is 0 Å². The molecule has 0 aliphatic heterocycles. The summed E-state index contributed by atoms with van der Waals surface area (Å²) in [6, 6.07) is 0. The Labute approximate surface area is 104 Å². The average molecular weight is 246 g/mol. The minimum absolute atomic E-state index is 0.360. The summed E-state index contributed by atoms with van der Waals surface area (Å²) in [5, 5.41) is 13.1. The zero-order chi connectivity index (χ0) is 13.3. The first-order chi connectivity index (χ1) is 8.54. The van der Waals surface area contributed by atoms with Crippen LogP contribution in [0.5, 0.6) is 0 Å². The Balaban J connectivity index is 2.64. The Morgan fingerprint density at radius 3 is 2.78 bits per heavy atom. The van der Waals surface area contributed by atoms with Gasteiger partial charge in [-0.1, -0.05) is 0 Å². The number of aromatic nitrogens is 4. The second-order valence-corrected chi connectivity index (χ2v) is 4.06. The highest BCUT2D eigenvalue weighted by Crippen LogP contribution is 2.24. The molecule has 6 nitrogen and oxygen atoms in total. The third kappa shape index (κ3) is 2.02. The molecule has 2 heterocycles. The lowest BCUT2D eigenvalue weighted by Crippen LogP contribution is -2.12. The van der Waals surface area contributed by atoms with E-state index in [1.54, 1.807) is 26.4 Å². The summed E-state index contributed by atoms with van der Waals surface area (Å²) in [6.45, 7) is 3.11. The molecule has 2 aromatic heterocycles. The van der Waals surface area contributed by atoms with Crippen molar-refractivity contribution in [2.24, 2.45) is 7.05 Å². The molecule has 0 aliphatic rings. The molecule has 0 radical (unpaired) electrons. The van der Waals surface area contributed by atoms with Gasteiger partial charge >= 0.3 is 0 Å². The molecule has 0 atom stereocenters. The summed E-state index contributed by atoms with van der Waals surface area (Å²) in [6.07, 6.45) is 3.29. The van der Waals surface area contributed by atoms with E-state index >= 15 is 0 Å². The number of aliphatic hydroxyl groups excluding tert-OH is 1. The molecule has 2 aromatic rings. The SMILES string of the molecule is Cc1ncc(C)c(-c2cnn(C)c2C(=O)CO)n1. The second-order valence-electron chi connectivity index (χ2n) is 4.06. The van der Waals surface area contributed by atoms with Gasteiger partial charge in [0.15, 0.2) is 0 Å². The van der Waals surface area contributed by atoms with E-state index in [0.29, 0.717) is 22.8 Å². The van der Waals surface area contributed by atoms with Crippen molar-refractivity contribution >= 4 is 5.78 Å². The van der Waals surface area contributed by atoms with Gasteiger partial charge in [0.25, 0.3) is 0 Å². The summed E-state index contributed by atoms with van der Waals surface area (Å²) in [7, 11) is 1.66. The average Bonchev–Trinajstić information content (AvgIpc) is 2.73. The molecule has 0 saturated heterocycles. The van der Waals surface area contributed by atoms with E-state index in [4.69, 9.17) is 5.11 Å². The standard InChI is InChI=1S/C12H14N4O2/c1-7-4-13-8(2)15-11(7)9-5-14-16(3)12(9)10(18)6-17/h4-5,17H,6H2,1-3H3. The fourth-order valence-electron chi connectivity index (χ4n) is 1.82. The number of aryl methyl sites for hydroxylation is 3. The number of aliphatic hydroxyl groups is 1. The molecule has 0 fully saturated rings. The zero-order valence-corrected chi connectivity index (χ0v) is 10.5. The van der Waals surface area contributed by atoms with E-state index in [9.17, 15) is 4.79 Å². The maximum Gasteiger partial charge on any atom is 0.206 e. The van der Waals surface area contributed by atoms with E-state index in [1.807, 2.05) is 6.92 Å². The lowest BCUT2D eigenvalue weighted by Gasteiger charge is -2.06. The highest BCUT2D eigenvalue weighted by atomic mass is 16.3. The van der Waals surface area contributed by atoms with Crippen LogP contribution in [-0.4, -0.2) is 37.2 Å². The van der Waals surface area contributed by atoms with E-state index in [0.717, 1.165) is 5.56 Å². The zero-order valence-electron chi connectivity index (χ0n) is 10.5. The number of carbonyl (C=O) groups excluding carboxylic acids is 1. The fraction of sp³-hybridized carbons (Fsp3) is 0.333. The van der Waals surface area contributed by atoms with Gasteiger partial charge in [-0.3, -0.25) is 9.48 Å². The number of ketones is 1. The van der Waals surface area contributed by atoms with E-state index in [2.05, 4.69) is 15.1 Å². The maximum atomic E-state index is 11.7. The molecule has 94 valence electrons. The van der Waals surface area contributed by atoms with Crippen LogP contribution in [0.15, 0.2) is 12.4 Å². The van der Waals surface area contributed by atoms with E-state index < -0.39 is 6.61 Å². The Hall–Kier alpha value is -2.08. The van der Waals surface area contributed by atoms with Gasteiger partial charge in [-0.15, -0.1) is 0 Å². The molecule has 0 amide bonds. The Morgan fingerprint density at radius 1 is 1.39 bits per heavy atom. The Bertz CT molecular complexity index is 604. The van der Waals surface area contributed by atoms with Gasteiger partial charge in [0.1, 0.15) is 18.1 Å². The largest absolute Gasteiger partial charge is 0.388 e.